The molecule has 4 nitrogen and oxygen atoms in total. The smallest absolute Gasteiger partial charge is 0.225 e. The molecule has 1 N–H and O–H groups in total. The fourth-order valence-corrected chi connectivity index (χ4v) is 0.851. The maximum atomic E-state index is 11.4. The van der Waals surface area contributed by atoms with Crippen molar-refractivity contribution >= 4 is 5.91 Å². The number of carbonyl (C=O) groups excluding carboxylic acids is 1. The summed E-state index contributed by atoms with van der Waals surface area (Å²) in [5.74, 6) is 0.0682. The average Bonchev–Trinajstić information content (AvgIpc) is 2.08. The van der Waals surface area contributed by atoms with Crippen LogP contribution in [0.4, 0.5) is 0 Å². The Balaban J connectivity index is 3.36. The van der Waals surface area contributed by atoms with Gasteiger partial charge in [0.2, 0.25) is 5.91 Å². The number of hydrogen-bond donors (Lipinski definition) is 1. The molecular weight excluding hydrogens is 192 g/mol. The van der Waals surface area contributed by atoms with Crippen LogP contribution in [0, 0.1) is 5.41 Å². The summed E-state index contributed by atoms with van der Waals surface area (Å²) >= 11 is 0. The molecule has 0 aliphatic carbocycles. The van der Waals surface area contributed by atoms with Gasteiger partial charge in [-0.25, -0.2) is 0 Å². The molecule has 0 aromatic rings. The van der Waals surface area contributed by atoms with Crippen molar-refractivity contribution in [3.8, 4) is 0 Å². The number of rotatable bonds is 6. The molecule has 0 heterocycles. The highest BCUT2D eigenvalue weighted by atomic mass is 16.5. The molecule has 15 heavy (non-hydrogen) atoms. The quantitative estimate of drug-likeness (QED) is 0.665. The minimum atomic E-state index is -0.316. The molecule has 0 bridgehead atoms. The van der Waals surface area contributed by atoms with Gasteiger partial charge in [0.15, 0.2) is 0 Å². The first-order valence-corrected chi connectivity index (χ1v) is 5.35. The lowest BCUT2D eigenvalue weighted by Gasteiger charge is -2.17. The summed E-state index contributed by atoms with van der Waals surface area (Å²) in [5, 5.41) is 2.83. The second-order valence-electron chi connectivity index (χ2n) is 4.92. The molecule has 1 amide bonds. The Hall–Kier alpha value is -0.610. The summed E-state index contributed by atoms with van der Waals surface area (Å²) in [5.41, 5.74) is -0.316. The second kappa shape index (κ2) is 6.80. The van der Waals surface area contributed by atoms with E-state index in [9.17, 15) is 4.79 Å². The molecule has 0 fully saturated rings. The van der Waals surface area contributed by atoms with Crippen LogP contribution in [0.5, 0.6) is 0 Å². The Kier molecular flexibility index (Phi) is 6.52. The molecule has 0 spiro atoms. The highest BCUT2D eigenvalue weighted by molar-refractivity contribution is 5.81. The molecule has 0 aliphatic heterocycles. The summed E-state index contributed by atoms with van der Waals surface area (Å²) in [6.45, 7) is 8.48. The van der Waals surface area contributed by atoms with Gasteiger partial charge in [-0.2, -0.15) is 0 Å². The summed E-state index contributed by atoms with van der Waals surface area (Å²) in [6.07, 6.45) is 0. The molecule has 0 saturated carbocycles. The van der Waals surface area contributed by atoms with Gasteiger partial charge in [-0.3, -0.25) is 4.79 Å². The number of hydrogen-bond acceptors (Lipinski definition) is 3. The van der Waals surface area contributed by atoms with Crippen LogP contribution in [0.3, 0.4) is 0 Å². The standard InChI is InChI=1S/C11H24N2O2/c1-11(2,3)10(14)12-6-8-15-9-7-13(4)5/h6-9H2,1-5H3,(H,12,14). The molecule has 0 aromatic carbocycles. The molecule has 0 unspecified atom stereocenters. The summed E-state index contributed by atoms with van der Waals surface area (Å²) in [6, 6.07) is 0. The fourth-order valence-electron chi connectivity index (χ4n) is 0.851. The molecule has 0 radical (unpaired) electrons. The van der Waals surface area contributed by atoms with Gasteiger partial charge in [-0.15, -0.1) is 0 Å². The molecule has 0 rings (SSSR count). The van der Waals surface area contributed by atoms with Gasteiger partial charge >= 0.3 is 0 Å². The molecule has 0 atom stereocenters. The van der Waals surface area contributed by atoms with Gasteiger partial charge in [0.1, 0.15) is 0 Å². The van der Waals surface area contributed by atoms with E-state index in [4.69, 9.17) is 4.74 Å². The van der Waals surface area contributed by atoms with E-state index in [0.29, 0.717) is 19.8 Å². The van der Waals surface area contributed by atoms with Crippen molar-refractivity contribution in [1.82, 2.24) is 10.2 Å². The minimum absolute atomic E-state index is 0.0682. The van der Waals surface area contributed by atoms with Crippen LogP contribution >= 0.6 is 0 Å². The highest BCUT2D eigenvalue weighted by Gasteiger charge is 2.20. The van der Waals surface area contributed by atoms with Gasteiger partial charge < -0.3 is 15.0 Å². The van der Waals surface area contributed by atoms with E-state index >= 15 is 0 Å². The van der Waals surface area contributed by atoms with E-state index in [1.807, 2.05) is 34.9 Å². The SMILES string of the molecule is CN(C)CCOCCNC(=O)C(C)(C)C. The molecule has 0 saturated heterocycles. The Morgan fingerprint density at radius 3 is 2.33 bits per heavy atom. The lowest BCUT2D eigenvalue weighted by molar-refractivity contribution is -0.128. The van der Waals surface area contributed by atoms with E-state index < -0.39 is 0 Å². The van der Waals surface area contributed by atoms with Gasteiger partial charge in [0.05, 0.1) is 13.2 Å². The van der Waals surface area contributed by atoms with Crippen molar-refractivity contribution < 1.29 is 9.53 Å². The van der Waals surface area contributed by atoms with Crippen LogP contribution in [-0.2, 0) is 9.53 Å². The first-order valence-electron chi connectivity index (χ1n) is 5.35. The van der Waals surface area contributed by atoms with Crippen LogP contribution in [0.1, 0.15) is 20.8 Å². The van der Waals surface area contributed by atoms with Crippen LogP contribution in [-0.4, -0.2) is 51.2 Å². The maximum Gasteiger partial charge on any atom is 0.225 e. The minimum Gasteiger partial charge on any atom is -0.378 e. The van der Waals surface area contributed by atoms with Crippen molar-refractivity contribution in [2.75, 3.05) is 40.4 Å². The molecule has 0 aliphatic rings. The van der Waals surface area contributed by atoms with Crippen LogP contribution in [0.2, 0.25) is 0 Å². The number of nitrogens with zero attached hydrogens (tertiary/aromatic N) is 1. The zero-order chi connectivity index (χ0) is 11.9. The zero-order valence-electron chi connectivity index (χ0n) is 10.6. The van der Waals surface area contributed by atoms with Gasteiger partial charge in [0, 0.05) is 18.5 Å². The Bertz CT molecular complexity index is 186. The molecule has 4 heteroatoms. The second-order valence-corrected chi connectivity index (χ2v) is 4.92. The first-order chi connectivity index (χ1) is 6.84. The Morgan fingerprint density at radius 2 is 1.87 bits per heavy atom. The van der Waals surface area contributed by atoms with E-state index in [1.165, 1.54) is 0 Å². The number of amides is 1. The van der Waals surface area contributed by atoms with Gasteiger partial charge in [0.25, 0.3) is 0 Å². The monoisotopic (exact) mass is 216 g/mol. The molecule has 0 aromatic heterocycles. The van der Waals surface area contributed by atoms with Crippen molar-refractivity contribution in [1.29, 1.82) is 0 Å². The largest absolute Gasteiger partial charge is 0.378 e. The fraction of sp³-hybridized carbons (Fsp3) is 0.909. The topological polar surface area (TPSA) is 41.6 Å². The van der Waals surface area contributed by atoms with Crippen molar-refractivity contribution in [3.63, 3.8) is 0 Å². The summed E-state index contributed by atoms with van der Waals surface area (Å²) < 4.78 is 5.35. The predicted molar refractivity (Wildman–Crippen MR) is 61.8 cm³/mol. The zero-order valence-corrected chi connectivity index (χ0v) is 10.6. The van der Waals surface area contributed by atoms with Crippen molar-refractivity contribution in [3.05, 3.63) is 0 Å². The van der Waals surface area contributed by atoms with Crippen molar-refractivity contribution in [2.45, 2.75) is 20.8 Å². The third-order valence-corrected chi connectivity index (χ3v) is 1.90. The third-order valence-electron chi connectivity index (χ3n) is 1.90. The number of likely N-dealkylation sites (N-methyl/N-ethyl adjacent to an activating group) is 1. The normalized spacial score (nSPS) is 11.9. The molecule has 90 valence electrons. The highest BCUT2D eigenvalue weighted by Crippen LogP contribution is 2.11. The van der Waals surface area contributed by atoms with Crippen LogP contribution < -0.4 is 5.32 Å². The van der Waals surface area contributed by atoms with E-state index in [1.54, 1.807) is 0 Å². The Morgan fingerprint density at radius 1 is 1.27 bits per heavy atom. The lowest BCUT2D eigenvalue weighted by Crippen LogP contribution is -2.36. The maximum absolute atomic E-state index is 11.4. The average molecular weight is 216 g/mol. The van der Waals surface area contributed by atoms with E-state index in [-0.39, 0.29) is 11.3 Å². The first kappa shape index (κ1) is 14.4. The van der Waals surface area contributed by atoms with Crippen molar-refractivity contribution in [2.24, 2.45) is 5.41 Å². The van der Waals surface area contributed by atoms with E-state index in [2.05, 4.69) is 10.2 Å². The number of nitrogens with one attached hydrogen (secondary N) is 1. The summed E-state index contributed by atoms with van der Waals surface area (Å²) in [4.78, 5) is 13.5. The predicted octanol–water partition coefficient (Wildman–Crippen LogP) is 0.727. The Labute approximate surface area is 93.0 Å². The van der Waals surface area contributed by atoms with Gasteiger partial charge in [-0.05, 0) is 14.1 Å². The van der Waals surface area contributed by atoms with E-state index in [0.717, 1.165) is 6.54 Å². The lowest BCUT2D eigenvalue weighted by atomic mass is 9.96. The van der Waals surface area contributed by atoms with Crippen LogP contribution in [0.25, 0.3) is 0 Å². The summed E-state index contributed by atoms with van der Waals surface area (Å²) in [7, 11) is 4.01. The third kappa shape index (κ3) is 8.39. The molecular formula is C11H24N2O2. The number of ether oxygens (including phenoxy) is 1. The van der Waals surface area contributed by atoms with Gasteiger partial charge in [-0.1, -0.05) is 20.8 Å². The number of carbonyl (C=O) groups is 1. The van der Waals surface area contributed by atoms with Crippen LogP contribution in [0.15, 0.2) is 0 Å².